The van der Waals surface area contributed by atoms with Crippen molar-refractivity contribution in [3.63, 3.8) is 0 Å². The van der Waals surface area contributed by atoms with Gasteiger partial charge >= 0.3 is 0 Å². The highest BCUT2D eigenvalue weighted by atomic mass is 19.2. The Kier molecular flexibility index (Phi) is 8.05. The fourth-order valence-corrected chi connectivity index (χ4v) is 4.23. The van der Waals surface area contributed by atoms with Gasteiger partial charge in [-0.1, -0.05) is 68.7 Å². The second kappa shape index (κ2) is 11.4. The van der Waals surface area contributed by atoms with Crippen LogP contribution in [0.4, 0.5) is 22.0 Å². The minimum Gasteiger partial charge on any atom is -0.206 e. The molecule has 4 rings (SSSR count). The van der Waals surface area contributed by atoms with Crippen LogP contribution < -0.4 is 0 Å². The quantitative estimate of drug-likeness (QED) is 0.137. The Bertz CT molecular complexity index is 1440. The van der Waals surface area contributed by atoms with Crippen molar-refractivity contribution in [2.45, 2.75) is 45.4 Å². The largest absolute Gasteiger partial charge is 0.206 e. The predicted octanol–water partition coefficient (Wildman–Crippen LogP) is 9.11. The van der Waals surface area contributed by atoms with E-state index in [9.17, 15) is 22.0 Å². The van der Waals surface area contributed by atoms with Crippen LogP contribution in [-0.4, -0.2) is 0 Å². The van der Waals surface area contributed by atoms with Gasteiger partial charge in [-0.25, -0.2) is 22.0 Å². The van der Waals surface area contributed by atoms with Crippen molar-refractivity contribution < 1.29 is 22.0 Å². The van der Waals surface area contributed by atoms with Crippen LogP contribution >= 0.6 is 0 Å². The zero-order chi connectivity index (χ0) is 25.7. The van der Waals surface area contributed by atoms with Gasteiger partial charge in [-0.05, 0) is 65.8 Å². The van der Waals surface area contributed by atoms with Gasteiger partial charge in [-0.3, -0.25) is 0 Å². The molecule has 5 heteroatoms. The Balaban J connectivity index is 1.54. The molecule has 36 heavy (non-hydrogen) atoms. The third kappa shape index (κ3) is 5.76. The molecule has 0 aliphatic heterocycles. The van der Waals surface area contributed by atoms with Crippen LogP contribution in [0, 0.1) is 40.9 Å². The first-order valence-electron chi connectivity index (χ1n) is 12.0. The molecule has 4 aromatic rings. The van der Waals surface area contributed by atoms with Gasteiger partial charge < -0.3 is 0 Å². The lowest BCUT2D eigenvalue weighted by Gasteiger charge is -2.08. The predicted molar refractivity (Wildman–Crippen MR) is 134 cm³/mol. The van der Waals surface area contributed by atoms with E-state index in [0.717, 1.165) is 43.0 Å². The summed E-state index contributed by atoms with van der Waals surface area (Å²) < 4.78 is 71.7. The number of aryl methyl sites for hydroxylation is 1. The molecule has 4 aromatic carbocycles. The first-order chi connectivity index (χ1) is 17.4. The van der Waals surface area contributed by atoms with Gasteiger partial charge in [0.15, 0.2) is 11.6 Å². The van der Waals surface area contributed by atoms with E-state index in [1.54, 1.807) is 6.07 Å². The topological polar surface area (TPSA) is 0 Å². The van der Waals surface area contributed by atoms with Crippen molar-refractivity contribution in [1.82, 2.24) is 0 Å². The van der Waals surface area contributed by atoms with Gasteiger partial charge in [-0.15, -0.1) is 0 Å². The first kappa shape index (κ1) is 25.4. The van der Waals surface area contributed by atoms with Crippen LogP contribution in [0.25, 0.3) is 21.9 Å². The Morgan fingerprint density at radius 3 is 2.11 bits per heavy atom. The second-order valence-electron chi connectivity index (χ2n) is 8.84. The Morgan fingerprint density at radius 1 is 0.639 bits per heavy atom. The minimum atomic E-state index is -1.02. The summed E-state index contributed by atoms with van der Waals surface area (Å²) in [4.78, 5) is 0. The highest BCUT2D eigenvalue weighted by Crippen LogP contribution is 2.31. The normalized spacial score (nSPS) is 10.9. The molecule has 0 saturated heterocycles. The lowest BCUT2D eigenvalue weighted by molar-refractivity contribution is 0.517. The zero-order valence-corrected chi connectivity index (χ0v) is 19.9. The molecule has 0 spiro atoms. The summed E-state index contributed by atoms with van der Waals surface area (Å²) >= 11 is 0. The van der Waals surface area contributed by atoms with Gasteiger partial charge in [0.05, 0.1) is 11.1 Å². The molecule has 0 radical (unpaired) electrons. The monoisotopic (exact) mass is 492 g/mol. The number of benzene rings is 4. The molecular weight excluding hydrogens is 467 g/mol. The second-order valence-corrected chi connectivity index (χ2v) is 8.84. The van der Waals surface area contributed by atoms with Crippen LogP contribution in [0.5, 0.6) is 0 Å². The van der Waals surface area contributed by atoms with Crippen LogP contribution in [0.2, 0.25) is 0 Å². The summed E-state index contributed by atoms with van der Waals surface area (Å²) in [5, 5.41) is 0.334. The number of hydrogen-bond acceptors (Lipinski definition) is 0. The molecule has 0 unspecified atom stereocenters. The maximum absolute atomic E-state index is 14.9. The lowest BCUT2D eigenvalue weighted by Crippen LogP contribution is -1.94. The first-order valence-corrected chi connectivity index (χ1v) is 12.0. The number of halogens is 5. The third-order valence-electron chi connectivity index (χ3n) is 6.18. The smallest absolute Gasteiger partial charge is 0.166 e. The Hall–Kier alpha value is -3.65. The summed E-state index contributed by atoms with van der Waals surface area (Å²) in [7, 11) is 0. The number of hydrogen-bond donors (Lipinski definition) is 0. The summed E-state index contributed by atoms with van der Waals surface area (Å²) in [5.41, 5.74) is 0.982. The van der Waals surface area contributed by atoms with Crippen LogP contribution in [0.3, 0.4) is 0 Å². The zero-order valence-electron chi connectivity index (χ0n) is 19.9. The van der Waals surface area contributed by atoms with Crippen LogP contribution in [0.1, 0.15) is 55.7 Å². The number of rotatable bonds is 7. The average Bonchev–Trinajstić information content (AvgIpc) is 2.85. The van der Waals surface area contributed by atoms with Crippen molar-refractivity contribution >= 4 is 10.8 Å². The highest BCUT2D eigenvalue weighted by Gasteiger charge is 2.15. The van der Waals surface area contributed by atoms with Crippen LogP contribution in [0.15, 0.2) is 60.7 Å². The maximum Gasteiger partial charge on any atom is 0.166 e. The fourth-order valence-electron chi connectivity index (χ4n) is 4.23. The summed E-state index contributed by atoms with van der Waals surface area (Å²) in [6.45, 7) is 2.16. The summed E-state index contributed by atoms with van der Waals surface area (Å²) in [6, 6.07) is 13.3. The Morgan fingerprint density at radius 2 is 1.39 bits per heavy atom. The van der Waals surface area contributed by atoms with Crippen molar-refractivity contribution in [3.8, 4) is 23.0 Å². The standard InChI is InChI=1S/C31H25F5/c1-2-3-4-5-6-7-20-8-10-22(27(33)16-20)11-9-21-17-28(34)30(29(35)18-21)24-12-14-25-23(19-24)13-15-26(32)31(25)36/h8,10,12-19H,2-7H2,1H3. The minimum absolute atomic E-state index is 0.0200. The highest BCUT2D eigenvalue weighted by molar-refractivity contribution is 5.88. The molecular formula is C31H25F5. The summed E-state index contributed by atoms with van der Waals surface area (Å²) in [6.07, 6.45) is 6.45. The van der Waals surface area contributed by atoms with Gasteiger partial charge in [0.2, 0.25) is 0 Å². The van der Waals surface area contributed by atoms with Crippen molar-refractivity contribution in [2.75, 3.05) is 0 Å². The SMILES string of the molecule is CCCCCCCc1ccc(C#Cc2cc(F)c(-c3ccc4c(F)c(F)ccc4c3)c(F)c2)c(F)c1. The van der Waals surface area contributed by atoms with Gasteiger partial charge in [0.25, 0.3) is 0 Å². The van der Waals surface area contributed by atoms with Crippen molar-refractivity contribution in [3.05, 3.63) is 106 Å². The molecule has 0 nitrogen and oxygen atoms in total. The van der Waals surface area contributed by atoms with E-state index in [4.69, 9.17) is 0 Å². The number of unbranched alkanes of at least 4 members (excludes halogenated alkanes) is 4. The maximum atomic E-state index is 14.9. The molecule has 0 saturated carbocycles. The molecule has 0 N–H and O–H groups in total. The van der Waals surface area contributed by atoms with E-state index in [0.29, 0.717) is 5.39 Å². The van der Waals surface area contributed by atoms with E-state index in [1.165, 1.54) is 49.6 Å². The van der Waals surface area contributed by atoms with Crippen LogP contribution in [-0.2, 0) is 6.42 Å². The fraction of sp³-hybridized carbons (Fsp3) is 0.226. The van der Waals surface area contributed by atoms with Gasteiger partial charge in [-0.2, -0.15) is 0 Å². The van der Waals surface area contributed by atoms with Crippen molar-refractivity contribution in [1.29, 1.82) is 0 Å². The van der Waals surface area contributed by atoms with E-state index in [2.05, 4.69) is 18.8 Å². The lowest BCUT2D eigenvalue weighted by atomic mass is 9.98. The van der Waals surface area contributed by atoms with E-state index < -0.39 is 29.1 Å². The summed E-state index contributed by atoms with van der Waals surface area (Å²) in [5.74, 6) is 1.08. The molecule has 0 bridgehead atoms. The van der Waals surface area contributed by atoms with E-state index in [-0.39, 0.29) is 27.6 Å². The molecule has 184 valence electrons. The molecule has 0 atom stereocenters. The average molecular weight is 493 g/mol. The molecule has 0 aromatic heterocycles. The van der Waals surface area contributed by atoms with Crippen molar-refractivity contribution in [2.24, 2.45) is 0 Å². The molecule has 0 aliphatic carbocycles. The van der Waals surface area contributed by atoms with Gasteiger partial charge in [0.1, 0.15) is 17.5 Å². The number of fused-ring (bicyclic) bond motifs is 1. The van der Waals surface area contributed by atoms with E-state index in [1.807, 2.05) is 6.07 Å². The molecule has 0 aliphatic rings. The molecule has 0 amide bonds. The molecule has 0 fully saturated rings. The Labute approximate surface area is 207 Å². The molecule has 0 heterocycles. The van der Waals surface area contributed by atoms with Gasteiger partial charge in [0, 0.05) is 10.9 Å². The third-order valence-corrected chi connectivity index (χ3v) is 6.18. The van der Waals surface area contributed by atoms with E-state index >= 15 is 0 Å².